The van der Waals surface area contributed by atoms with E-state index in [1.54, 1.807) is 24.3 Å². The van der Waals surface area contributed by atoms with Crippen LogP contribution in [0.1, 0.15) is 41.8 Å². The van der Waals surface area contributed by atoms with Gasteiger partial charge in [-0.25, -0.2) is 8.42 Å². The number of rotatable bonds is 9. The molecular weight excluding hydrogens is 516 g/mol. The van der Waals surface area contributed by atoms with Gasteiger partial charge in [0.2, 0.25) is 0 Å². The molecule has 3 aromatic rings. The Kier molecular flexibility index (Phi) is 8.38. The Morgan fingerprint density at radius 1 is 1.00 bits per heavy atom. The number of halogens is 1. The van der Waals surface area contributed by atoms with E-state index >= 15 is 0 Å². The molecule has 34 heavy (non-hydrogen) atoms. The number of benzene rings is 3. The number of para-hydroxylation sites is 1. The van der Waals surface area contributed by atoms with Crippen LogP contribution in [0.15, 0.2) is 70.0 Å². The number of nitrogens with one attached hydrogen (secondary N) is 2. The largest absolute Gasteiger partial charge is 0.493 e. The number of anilines is 2. The highest BCUT2D eigenvalue weighted by Gasteiger charge is 2.18. The summed E-state index contributed by atoms with van der Waals surface area (Å²) in [6.45, 7) is 8.44. The molecule has 0 atom stereocenters. The summed E-state index contributed by atoms with van der Waals surface area (Å²) in [6.07, 6.45) is 0.878. The molecule has 0 bridgehead atoms. The Hall–Kier alpha value is -2.84. The topological polar surface area (TPSA) is 84.5 Å². The lowest BCUT2D eigenvalue weighted by atomic mass is 10.1. The summed E-state index contributed by atoms with van der Waals surface area (Å²) in [6, 6.07) is 16.9. The molecule has 0 aliphatic heterocycles. The third-order valence-corrected chi connectivity index (χ3v) is 7.14. The Labute approximate surface area is 209 Å². The summed E-state index contributed by atoms with van der Waals surface area (Å²) in [5, 5.41) is 2.82. The average Bonchev–Trinajstić information content (AvgIpc) is 2.77. The van der Waals surface area contributed by atoms with Crippen LogP contribution in [0.25, 0.3) is 0 Å². The van der Waals surface area contributed by atoms with Gasteiger partial charge in [-0.1, -0.05) is 48.0 Å². The standard InChI is InChI=1S/C26H29BrN2O4S/c1-17(2)14-15-33-24-13-8-20(27)16-23(24)26(30)28-21-9-11-22(12-10-21)34(31,32)29-25-18(3)6-5-7-19(25)4/h5-13,16-17,29H,14-15H2,1-4H3,(H,28,30). The average molecular weight is 545 g/mol. The van der Waals surface area contributed by atoms with Gasteiger partial charge >= 0.3 is 0 Å². The fourth-order valence-corrected chi connectivity index (χ4v) is 4.86. The second-order valence-electron chi connectivity index (χ2n) is 8.52. The van der Waals surface area contributed by atoms with Crippen LogP contribution in [-0.4, -0.2) is 20.9 Å². The van der Waals surface area contributed by atoms with Crippen LogP contribution >= 0.6 is 15.9 Å². The number of carbonyl (C=O) groups excluding carboxylic acids is 1. The minimum atomic E-state index is -3.77. The zero-order valence-corrected chi connectivity index (χ0v) is 22.1. The normalized spacial score (nSPS) is 11.4. The highest BCUT2D eigenvalue weighted by molar-refractivity contribution is 9.10. The monoisotopic (exact) mass is 544 g/mol. The Morgan fingerprint density at radius 3 is 2.26 bits per heavy atom. The molecule has 0 heterocycles. The number of hydrogen-bond donors (Lipinski definition) is 2. The van der Waals surface area contributed by atoms with Crippen molar-refractivity contribution in [2.75, 3.05) is 16.6 Å². The molecule has 0 aliphatic rings. The molecule has 0 saturated carbocycles. The van der Waals surface area contributed by atoms with Crippen molar-refractivity contribution < 1.29 is 17.9 Å². The summed E-state index contributed by atoms with van der Waals surface area (Å²) in [7, 11) is -3.77. The number of sulfonamides is 1. The van der Waals surface area contributed by atoms with Crippen LogP contribution in [0.5, 0.6) is 5.75 Å². The minimum absolute atomic E-state index is 0.105. The van der Waals surface area contributed by atoms with Crippen molar-refractivity contribution in [3.63, 3.8) is 0 Å². The Bertz CT molecular complexity index is 1250. The van der Waals surface area contributed by atoms with Crippen molar-refractivity contribution in [3.8, 4) is 5.75 Å². The number of hydrogen-bond acceptors (Lipinski definition) is 4. The van der Waals surface area contributed by atoms with E-state index < -0.39 is 10.0 Å². The number of amides is 1. The van der Waals surface area contributed by atoms with Crippen LogP contribution < -0.4 is 14.8 Å². The van der Waals surface area contributed by atoms with Crippen LogP contribution in [0.2, 0.25) is 0 Å². The maximum Gasteiger partial charge on any atom is 0.261 e. The van der Waals surface area contributed by atoms with Crippen LogP contribution in [0, 0.1) is 19.8 Å². The summed E-state index contributed by atoms with van der Waals surface area (Å²) < 4.78 is 35.0. The second-order valence-corrected chi connectivity index (χ2v) is 11.1. The molecule has 1 amide bonds. The maximum absolute atomic E-state index is 12.9. The zero-order chi connectivity index (χ0) is 24.9. The Balaban J connectivity index is 1.75. The summed E-state index contributed by atoms with van der Waals surface area (Å²) in [4.78, 5) is 13.0. The minimum Gasteiger partial charge on any atom is -0.493 e. The van der Waals surface area contributed by atoms with Crippen LogP contribution in [0.4, 0.5) is 11.4 Å². The molecule has 3 rings (SSSR count). The zero-order valence-electron chi connectivity index (χ0n) is 19.7. The summed E-state index contributed by atoms with van der Waals surface area (Å²) in [5.74, 6) is 0.648. The van der Waals surface area contributed by atoms with E-state index in [0.29, 0.717) is 35.2 Å². The van der Waals surface area contributed by atoms with Gasteiger partial charge in [0.1, 0.15) is 5.75 Å². The van der Waals surface area contributed by atoms with Crippen LogP contribution in [-0.2, 0) is 10.0 Å². The Morgan fingerprint density at radius 2 is 1.65 bits per heavy atom. The van der Waals surface area contributed by atoms with Crippen molar-refractivity contribution in [2.45, 2.75) is 39.0 Å². The third-order valence-electron chi connectivity index (χ3n) is 5.28. The molecule has 8 heteroatoms. The van der Waals surface area contributed by atoms with E-state index in [9.17, 15) is 13.2 Å². The van der Waals surface area contributed by atoms with Gasteiger partial charge in [0.05, 0.1) is 22.8 Å². The predicted octanol–water partition coefficient (Wildman–Crippen LogP) is 6.54. The molecule has 2 N–H and O–H groups in total. The molecule has 0 spiro atoms. The van der Waals surface area contributed by atoms with E-state index in [2.05, 4.69) is 39.8 Å². The van der Waals surface area contributed by atoms with Gasteiger partial charge in [-0.05, 0) is 79.8 Å². The quantitative estimate of drug-likeness (QED) is 0.320. The highest BCUT2D eigenvalue weighted by atomic mass is 79.9. The SMILES string of the molecule is Cc1cccc(C)c1NS(=O)(=O)c1ccc(NC(=O)c2cc(Br)ccc2OCCC(C)C)cc1. The summed E-state index contributed by atoms with van der Waals surface area (Å²) >= 11 is 3.40. The molecule has 0 aromatic heterocycles. The molecule has 0 fully saturated rings. The lowest BCUT2D eigenvalue weighted by Gasteiger charge is -2.14. The number of ether oxygens (including phenoxy) is 1. The van der Waals surface area contributed by atoms with Gasteiger partial charge in [-0.2, -0.15) is 0 Å². The first-order valence-electron chi connectivity index (χ1n) is 11.0. The van der Waals surface area contributed by atoms with Gasteiger partial charge in [-0.15, -0.1) is 0 Å². The molecular formula is C26H29BrN2O4S. The molecule has 0 unspecified atom stereocenters. The van der Waals surface area contributed by atoms with Gasteiger partial charge < -0.3 is 10.1 Å². The predicted molar refractivity (Wildman–Crippen MR) is 140 cm³/mol. The van der Waals surface area contributed by atoms with Gasteiger partial charge in [-0.3, -0.25) is 9.52 Å². The maximum atomic E-state index is 12.9. The van der Waals surface area contributed by atoms with E-state index in [4.69, 9.17) is 4.74 Å². The first-order valence-corrected chi connectivity index (χ1v) is 13.3. The molecule has 0 saturated heterocycles. The fraction of sp³-hybridized carbons (Fsp3) is 0.269. The van der Waals surface area contributed by atoms with E-state index in [0.717, 1.165) is 22.0 Å². The van der Waals surface area contributed by atoms with Crippen molar-refractivity contribution >= 4 is 43.2 Å². The summed E-state index contributed by atoms with van der Waals surface area (Å²) in [5.41, 5.74) is 3.12. The van der Waals surface area contributed by atoms with Gasteiger partial charge in [0.15, 0.2) is 0 Å². The second kappa shape index (κ2) is 11.1. The number of aryl methyl sites for hydroxylation is 2. The fourth-order valence-electron chi connectivity index (χ4n) is 3.29. The molecule has 0 aliphatic carbocycles. The molecule has 3 aromatic carbocycles. The first kappa shape index (κ1) is 25.8. The van der Waals surface area contributed by atoms with Crippen molar-refractivity contribution in [1.82, 2.24) is 0 Å². The lowest BCUT2D eigenvalue weighted by molar-refractivity contribution is 0.102. The van der Waals surface area contributed by atoms with E-state index in [1.165, 1.54) is 12.1 Å². The van der Waals surface area contributed by atoms with Gasteiger partial charge in [0.25, 0.3) is 15.9 Å². The third kappa shape index (κ3) is 6.61. The molecule has 180 valence electrons. The van der Waals surface area contributed by atoms with Crippen molar-refractivity contribution in [1.29, 1.82) is 0 Å². The first-order chi connectivity index (χ1) is 16.1. The van der Waals surface area contributed by atoms with E-state index in [-0.39, 0.29) is 10.8 Å². The molecule has 6 nitrogen and oxygen atoms in total. The molecule has 0 radical (unpaired) electrons. The van der Waals surface area contributed by atoms with Crippen molar-refractivity contribution in [2.24, 2.45) is 5.92 Å². The van der Waals surface area contributed by atoms with Crippen LogP contribution in [0.3, 0.4) is 0 Å². The van der Waals surface area contributed by atoms with E-state index in [1.807, 2.05) is 38.1 Å². The van der Waals surface area contributed by atoms with Gasteiger partial charge in [0, 0.05) is 10.2 Å². The highest BCUT2D eigenvalue weighted by Crippen LogP contribution is 2.26. The van der Waals surface area contributed by atoms with Crippen molar-refractivity contribution in [3.05, 3.63) is 81.8 Å². The lowest BCUT2D eigenvalue weighted by Crippen LogP contribution is -2.16. The number of carbonyl (C=O) groups is 1. The smallest absolute Gasteiger partial charge is 0.261 e.